The number of carboxylic acids is 1. The van der Waals surface area contributed by atoms with Crippen molar-refractivity contribution in [2.75, 3.05) is 41.0 Å². The van der Waals surface area contributed by atoms with Crippen molar-refractivity contribution in [2.24, 2.45) is 0 Å². The predicted octanol–water partition coefficient (Wildman–Crippen LogP) is 11.2. The van der Waals surface area contributed by atoms with E-state index in [1.807, 2.05) is 0 Å². The van der Waals surface area contributed by atoms with Gasteiger partial charge in [0, 0.05) is 19.3 Å². The summed E-state index contributed by atoms with van der Waals surface area (Å²) >= 11 is 0. The fraction of sp³-hybridized carbons (Fsp3) is 0.935. The predicted molar refractivity (Wildman–Crippen MR) is 222 cm³/mol. The van der Waals surface area contributed by atoms with Crippen LogP contribution >= 0.6 is 0 Å². The molecule has 0 N–H and O–H groups in total. The lowest BCUT2D eigenvalue weighted by atomic mass is 10.0. The van der Waals surface area contributed by atoms with Gasteiger partial charge in [-0.1, -0.05) is 194 Å². The Morgan fingerprint density at radius 1 is 0.481 bits per heavy atom. The molecule has 0 amide bonds. The second kappa shape index (κ2) is 38.2. The number of hydrogen-bond acceptors (Lipinski definition) is 7. The van der Waals surface area contributed by atoms with Crippen molar-refractivity contribution in [3.05, 3.63) is 0 Å². The number of carboxylic acid groups (broad SMARTS) is 1. The van der Waals surface area contributed by atoms with E-state index in [0.717, 1.165) is 38.5 Å². The zero-order chi connectivity index (χ0) is 40.0. The lowest BCUT2D eigenvalue weighted by Crippen LogP contribution is -2.55. The summed E-state index contributed by atoms with van der Waals surface area (Å²) in [5.41, 5.74) is 0. The molecule has 2 unspecified atom stereocenters. The minimum Gasteiger partial charge on any atom is -0.544 e. The summed E-state index contributed by atoms with van der Waals surface area (Å²) in [5.74, 6) is -1.72. The molecule has 0 aliphatic heterocycles. The topological polar surface area (TPSA) is 102 Å². The van der Waals surface area contributed by atoms with Gasteiger partial charge in [0.25, 0.3) is 0 Å². The number of likely N-dealkylation sites (N-methyl/N-ethyl adjacent to an activating group) is 1. The van der Waals surface area contributed by atoms with E-state index in [2.05, 4.69) is 13.8 Å². The minimum absolute atomic E-state index is 0.0484. The Kier molecular flexibility index (Phi) is 37.0. The third-order valence-corrected chi connectivity index (χ3v) is 10.7. The van der Waals surface area contributed by atoms with Crippen LogP contribution < -0.4 is 5.11 Å². The smallest absolute Gasteiger partial charge is 0.306 e. The van der Waals surface area contributed by atoms with Gasteiger partial charge in [-0.25, -0.2) is 0 Å². The number of rotatable bonds is 42. The fourth-order valence-electron chi connectivity index (χ4n) is 7.13. The highest BCUT2D eigenvalue weighted by Gasteiger charge is 2.25. The van der Waals surface area contributed by atoms with E-state index >= 15 is 0 Å². The number of unbranched alkanes of at least 4 members (excludes halogenated alkanes) is 28. The molecule has 0 aliphatic rings. The molecule has 0 saturated carbocycles. The number of quaternary nitrogens is 1. The second-order valence-electron chi connectivity index (χ2n) is 17.0. The van der Waals surface area contributed by atoms with Gasteiger partial charge >= 0.3 is 11.9 Å². The van der Waals surface area contributed by atoms with Gasteiger partial charge in [-0.05, 0) is 12.8 Å². The van der Waals surface area contributed by atoms with Crippen molar-refractivity contribution in [3.63, 3.8) is 0 Å². The first-order chi connectivity index (χ1) is 26.1. The van der Waals surface area contributed by atoms with Crippen LogP contribution in [0.1, 0.15) is 226 Å². The van der Waals surface area contributed by atoms with E-state index in [4.69, 9.17) is 14.2 Å². The molecule has 0 heterocycles. The molecule has 0 aromatic heterocycles. The molecule has 0 aromatic rings. The molecule has 0 aliphatic carbocycles. The highest BCUT2D eigenvalue weighted by Crippen LogP contribution is 2.16. The summed E-state index contributed by atoms with van der Waals surface area (Å²) < 4.78 is 17.1. The first kappa shape index (κ1) is 52.3. The van der Waals surface area contributed by atoms with E-state index in [0.29, 0.717) is 12.8 Å². The molecule has 0 spiro atoms. The van der Waals surface area contributed by atoms with Crippen LogP contribution in [0, 0.1) is 0 Å². The molecule has 2 atom stereocenters. The van der Waals surface area contributed by atoms with Crippen LogP contribution in [-0.4, -0.2) is 75.5 Å². The van der Waals surface area contributed by atoms with Gasteiger partial charge in [0.2, 0.25) is 0 Å². The zero-order valence-electron chi connectivity index (χ0n) is 36.4. The summed E-state index contributed by atoms with van der Waals surface area (Å²) in [6.45, 7) is 4.67. The number of carbonyl (C=O) groups is 3. The van der Waals surface area contributed by atoms with Crippen molar-refractivity contribution in [1.29, 1.82) is 0 Å². The van der Waals surface area contributed by atoms with Gasteiger partial charge in [0.15, 0.2) is 6.10 Å². The number of nitrogens with zero attached hydrogens (tertiary/aromatic N) is 1. The summed E-state index contributed by atoms with van der Waals surface area (Å²) in [5, 5.41) is 11.6. The standard InChI is InChI=1S/C46H89NO7/c1-6-8-10-12-14-16-17-18-19-20-21-22-23-24-25-26-27-28-29-31-32-34-36-44(48)53-41-42(40-52-39-38-43(46(50)51)47(3,4)5)54-45(49)37-35-33-30-15-13-11-9-7-2/h42-43H,6-41H2,1-5H3. The molecule has 0 radical (unpaired) electrons. The van der Waals surface area contributed by atoms with Crippen molar-refractivity contribution >= 4 is 17.9 Å². The maximum atomic E-state index is 12.6. The van der Waals surface area contributed by atoms with Crippen LogP contribution in [0.3, 0.4) is 0 Å². The van der Waals surface area contributed by atoms with E-state index in [1.165, 1.54) is 154 Å². The Labute approximate surface area is 334 Å². The van der Waals surface area contributed by atoms with Gasteiger partial charge in [-0.15, -0.1) is 0 Å². The van der Waals surface area contributed by atoms with E-state index < -0.39 is 18.1 Å². The molecular weight excluding hydrogens is 679 g/mol. The van der Waals surface area contributed by atoms with Crippen molar-refractivity contribution < 1.29 is 38.2 Å². The molecule has 0 aromatic carbocycles. The quantitative estimate of drug-likeness (QED) is 0.0346. The average Bonchev–Trinajstić information content (AvgIpc) is 3.12. The van der Waals surface area contributed by atoms with Crippen LogP contribution in [0.15, 0.2) is 0 Å². The Morgan fingerprint density at radius 2 is 0.815 bits per heavy atom. The van der Waals surface area contributed by atoms with Gasteiger partial charge < -0.3 is 28.6 Å². The Balaban J connectivity index is 4.07. The third kappa shape index (κ3) is 36.0. The van der Waals surface area contributed by atoms with Crippen LogP contribution in [0.2, 0.25) is 0 Å². The number of aliphatic carboxylic acids is 1. The van der Waals surface area contributed by atoms with Crippen LogP contribution in [0.4, 0.5) is 0 Å². The van der Waals surface area contributed by atoms with Crippen molar-refractivity contribution in [2.45, 2.75) is 238 Å². The van der Waals surface area contributed by atoms with Gasteiger partial charge in [-0.3, -0.25) is 9.59 Å². The van der Waals surface area contributed by atoms with Gasteiger partial charge in [0.05, 0.1) is 40.3 Å². The number of ether oxygens (including phenoxy) is 3. The molecule has 0 fully saturated rings. The van der Waals surface area contributed by atoms with Crippen LogP contribution in [0.25, 0.3) is 0 Å². The Bertz CT molecular complexity index is 858. The van der Waals surface area contributed by atoms with Crippen molar-refractivity contribution in [1.82, 2.24) is 0 Å². The highest BCUT2D eigenvalue weighted by molar-refractivity contribution is 5.70. The summed E-state index contributed by atoms with van der Waals surface area (Å²) in [6, 6.07) is -0.718. The molecular formula is C46H89NO7. The number of carbonyl (C=O) groups excluding carboxylic acids is 3. The molecule has 8 nitrogen and oxygen atoms in total. The lowest BCUT2D eigenvalue weighted by molar-refractivity contribution is -0.889. The molecule has 0 rings (SSSR count). The number of hydrogen-bond donors (Lipinski definition) is 0. The van der Waals surface area contributed by atoms with Crippen LogP contribution in [0.5, 0.6) is 0 Å². The summed E-state index contributed by atoms with van der Waals surface area (Å²) in [4.78, 5) is 36.7. The first-order valence-corrected chi connectivity index (χ1v) is 23.1. The molecule has 54 heavy (non-hydrogen) atoms. The van der Waals surface area contributed by atoms with E-state index in [9.17, 15) is 19.5 Å². The van der Waals surface area contributed by atoms with E-state index in [1.54, 1.807) is 21.1 Å². The Morgan fingerprint density at radius 3 is 1.15 bits per heavy atom. The molecule has 320 valence electrons. The largest absolute Gasteiger partial charge is 0.544 e. The monoisotopic (exact) mass is 768 g/mol. The van der Waals surface area contributed by atoms with Gasteiger partial charge in [0.1, 0.15) is 12.6 Å². The fourth-order valence-corrected chi connectivity index (χ4v) is 7.13. The zero-order valence-corrected chi connectivity index (χ0v) is 36.4. The Hall–Kier alpha value is -1.67. The molecule has 8 heteroatoms. The average molecular weight is 768 g/mol. The lowest BCUT2D eigenvalue weighted by Gasteiger charge is -2.34. The maximum Gasteiger partial charge on any atom is 0.306 e. The molecule has 0 saturated heterocycles. The highest BCUT2D eigenvalue weighted by atomic mass is 16.6. The second-order valence-corrected chi connectivity index (χ2v) is 17.0. The summed E-state index contributed by atoms with van der Waals surface area (Å²) in [7, 11) is 5.41. The van der Waals surface area contributed by atoms with Crippen molar-refractivity contribution in [3.8, 4) is 0 Å². The summed E-state index contributed by atoms with van der Waals surface area (Å²) in [6.07, 6.45) is 38.6. The van der Waals surface area contributed by atoms with E-state index in [-0.39, 0.29) is 42.7 Å². The minimum atomic E-state index is -1.12. The normalized spacial score (nSPS) is 12.8. The maximum absolute atomic E-state index is 12.6. The SMILES string of the molecule is CCCCCCCCCCCCCCCCCCCCCCCCC(=O)OCC(COCCC(C(=O)[O-])[N+](C)(C)C)OC(=O)CCCCCCCCCC. The molecule has 0 bridgehead atoms. The third-order valence-electron chi connectivity index (χ3n) is 10.7. The van der Waals surface area contributed by atoms with Gasteiger partial charge in [-0.2, -0.15) is 0 Å². The number of esters is 2. The first-order valence-electron chi connectivity index (χ1n) is 23.1. The van der Waals surface area contributed by atoms with Crippen LogP contribution in [-0.2, 0) is 28.6 Å².